The van der Waals surface area contributed by atoms with E-state index in [2.05, 4.69) is 15.4 Å². The fourth-order valence-corrected chi connectivity index (χ4v) is 3.73. The van der Waals surface area contributed by atoms with E-state index >= 15 is 0 Å². The van der Waals surface area contributed by atoms with Gasteiger partial charge in [-0.3, -0.25) is 4.79 Å². The predicted octanol–water partition coefficient (Wildman–Crippen LogP) is 4.31. The van der Waals surface area contributed by atoms with Crippen LogP contribution in [0.4, 0.5) is 19.0 Å². The first-order valence-corrected chi connectivity index (χ1v) is 10.0. The zero-order valence-electron chi connectivity index (χ0n) is 16.9. The van der Waals surface area contributed by atoms with Crippen LogP contribution >= 0.6 is 0 Å². The Labute approximate surface area is 177 Å². The Morgan fingerprint density at radius 2 is 2.00 bits per heavy atom. The predicted molar refractivity (Wildman–Crippen MR) is 110 cm³/mol. The number of carbonyl (C=O) groups is 1. The molecule has 1 fully saturated rings. The number of likely N-dealkylation sites (tertiary alicyclic amines) is 1. The summed E-state index contributed by atoms with van der Waals surface area (Å²) in [5, 5.41) is 7.52. The molecule has 1 aliphatic heterocycles. The number of hydrogen-bond acceptors (Lipinski definition) is 4. The Kier molecular flexibility index (Phi) is 5.67. The number of rotatable bonds is 5. The molecule has 1 amide bonds. The van der Waals surface area contributed by atoms with Crippen LogP contribution in [0.3, 0.4) is 0 Å². The molecular weight excluding hydrogens is 407 g/mol. The first-order chi connectivity index (χ1) is 14.8. The second-order valence-corrected chi connectivity index (χ2v) is 7.53. The number of pyridine rings is 1. The number of aromatic nitrogens is 3. The molecule has 1 aromatic carbocycles. The van der Waals surface area contributed by atoms with Crippen molar-refractivity contribution >= 4 is 11.7 Å². The normalized spacial score (nSPS) is 16.5. The third-order valence-electron chi connectivity index (χ3n) is 5.29. The molecule has 4 rings (SSSR count). The lowest BCUT2D eigenvalue weighted by molar-refractivity contribution is -0.137. The van der Waals surface area contributed by atoms with Gasteiger partial charge in [-0.25, -0.2) is 9.67 Å². The molecule has 0 radical (unpaired) electrons. The van der Waals surface area contributed by atoms with Crippen molar-refractivity contribution in [3.63, 3.8) is 0 Å². The molecule has 1 N–H and O–H groups in total. The van der Waals surface area contributed by atoms with Crippen LogP contribution in [0.15, 0.2) is 54.7 Å². The zero-order chi connectivity index (χ0) is 22.0. The van der Waals surface area contributed by atoms with Gasteiger partial charge in [0.15, 0.2) is 5.69 Å². The van der Waals surface area contributed by atoms with Crippen molar-refractivity contribution in [1.29, 1.82) is 0 Å². The van der Waals surface area contributed by atoms with Crippen LogP contribution in [0, 0.1) is 6.92 Å². The van der Waals surface area contributed by atoms with Gasteiger partial charge in [0.05, 0.1) is 11.3 Å². The Hall–Kier alpha value is -3.36. The smallest absolute Gasteiger partial charge is 0.368 e. The lowest BCUT2D eigenvalue weighted by Gasteiger charge is -2.24. The number of halogens is 3. The first-order valence-electron chi connectivity index (χ1n) is 10.0. The molecule has 162 valence electrons. The van der Waals surface area contributed by atoms with E-state index in [0.29, 0.717) is 13.1 Å². The monoisotopic (exact) mass is 429 g/mol. The summed E-state index contributed by atoms with van der Waals surface area (Å²) in [6.07, 6.45) is -1.20. The van der Waals surface area contributed by atoms with E-state index in [-0.39, 0.29) is 23.3 Å². The summed E-state index contributed by atoms with van der Waals surface area (Å²) in [4.78, 5) is 19.2. The Morgan fingerprint density at radius 3 is 2.77 bits per heavy atom. The van der Waals surface area contributed by atoms with E-state index in [0.717, 1.165) is 36.5 Å². The number of amides is 1. The van der Waals surface area contributed by atoms with Crippen LogP contribution in [-0.4, -0.2) is 44.7 Å². The number of aryl methyl sites for hydroxylation is 1. The van der Waals surface area contributed by atoms with Gasteiger partial charge in [0, 0.05) is 31.0 Å². The van der Waals surface area contributed by atoms with Crippen LogP contribution in [0.5, 0.6) is 0 Å². The maximum atomic E-state index is 13.0. The van der Waals surface area contributed by atoms with Gasteiger partial charge in [-0.1, -0.05) is 12.1 Å². The number of nitrogens with zero attached hydrogens (tertiary/aromatic N) is 4. The van der Waals surface area contributed by atoms with Gasteiger partial charge >= 0.3 is 6.18 Å². The first kappa shape index (κ1) is 20.9. The average molecular weight is 429 g/mol. The van der Waals surface area contributed by atoms with Gasteiger partial charge < -0.3 is 10.2 Å². The van der Waals surface area contributed by atoms with Crippen molar-refractivity contribution < 1.29 is 18.0 Å². The SMILES string of the molecule is Cc1cccc(NCC2CCCN2C(=O)c2ccn(-c3cccc(C(F)(F)F)c3)n2)n1. The summed E-state index contributed by atoms with van der Waals surface area (Å²) in [5.74, 6) is 0.528. The number of carbonyl (C=O) groups excluding carboxylic acids is 1. The van der Waals surface area contributed by atoms with Gasteiger partial charge in [0.25, 0.3) is 5.91 Å². The summed E-state index contributed by atoms with van der Waals surface area (Å²) in [6, 6.07) is 12.1. The molecule has 3 heterocycles. The van der Waals surface area contributed by atoms with E-state index in [1.807, 2.05) is 25.1 Å². The van der Waals surface area contributed by atoms with Gasteiger partial charge in [-0.15, -0.1) is 0 Å². The van der Waals surface area contributed by atoms with Gasteiger partial charge in [0.1, 0.15) is 5.82 Å². The Morgan fingerprint density at radius 1 is 1.19 bits per heavy atom. The molecule has 0 spiro atoms. The molecule has 0 saturated carbocycles. The fourth-order valence-electron chi connectivity index (χ4n) is 3.73. The minimum atomic E-state index is -4.44. The van der Waals surface area contributed by atoms with Crippen molar-refractivity contribution in [2.75, 3.05) is 18.4 Å². The Balaban J connectivity index is 1.46. The number of benzene rings is 1. The molecule has 3 aromatic rings. The Bertz CT molecular complexity index is 1080. The quantitative estimate of drug-likeness (QED) is 0.657. The van der Waals surface area contributed by atoms with Gasteiger partial charge in [0.2, 0.25) is 0 Å². The van der Waals surface area contributed by atoms with E-state index in [4.69, 9.17) is 0 Å². The molecule has 1 aliphatic rings. The summed E-state index contributed by atoms with van der Waals surface area (Å²) < 4.78 is 40.2. The minimum Gasteiger partial charge on any atom is -0.368 e. The molecule has 1 saturated heterocycles. The highest BCUT2D eigenvalue weighted by Crippen LogP contribution is 2.30. The molecule has 6 nitrogen and oxygen atoms in total. The molecule has 1 unspecified atom stereocenters. The van der Waals surface area contributed by atoms with Crippen LogP contribution < -0.4 is 5.32 Å². The van der Waals surface area contributed by atoms with E-state index in [9.17, 15) is 18.0 Å². The van der Waals surface area contributed by atoms with Crippen molar-refractivity contribution in [3.05, 3.63) is 71.7 Å². The highest BCUT2D eigenvalue weighted by molar-refractivity contribution is 5.92. The van der Waals surface area contributed by atoms with E-state index < -0.39 is 11.7 Å². The van der Waals surface area contributed by atoms with Crippen molar-refractivity contribution in [2.45, 2.75) is 32.0 Å². The lowest BCUT2D eigenvalue weighted by Crippen LogP contribution is -2.39. The van der Waals surface area contributed by atoms with E-state index in [1.54, 1.807) is 4.90 Å². The number of anilines is 1. The largest absolute Gasteiger partial charge is 0.416 e. The van der Waals surface area contributed by atoms with Crippen molar-refractivity contribution in [3.8, 4) is 5.69 Å². The maximum absolute atomic E-state index is 13.0. The maximum Gasteiger partial charge on any atom is 0.416 e. The zero-order valence-corrected chi connectivity index (χ0v) is 16.9. The second-order valence-electron chi connectivity index (χ2n) is 7.53. The summed E-state index contributed by atoms with van der Waals surface area (Å²) in [6.45, 7) is 3.09. The fraction of sp³-hybridized carbons (Fsp3) is 0.318. The van der Waals surface area contributed by atoms with Crippen LogP contribution in [0.25, 0.3) is 5.69 Å². The molecule has 31 heavy (non-hydrogen) atoms. The van der Waals surface area contributed by atoms with Gasteiger partial charge in [-0.05, 0) is 56.2 Å². The van der Waals surface area contributed by atoms with Gasteiger partial charge in [-0.2, -0.15) is 18.3 Å². The summed E-state index contributed by atoms with van der Waals surface area (Å²) in [5.41, 5.74) is 0.602. The highest BCUT2D eigenvalue weighted by Gasteiger charge is 2.32. The third-order valence-corrected chi connectivity index (χ3v) is 5.29. The number of hydrogen-bond donors (Lipinski definition) is 1. The molecule has 9 heteroatoms. The number of nitrogens with one attached hydrogen (secondary N) is 1. The van der Waals surface area contributed by atoms with Crippen molar-refractivity contribution in [2.24, 2.45) is 0 Å². The van der Waals surface area contributed by atoms with Crippen LogP contribution in [-0.2, 0) is 6.18 Å². The summed E-state index contributed by atoms with van der Waals surface area (Å²) >= 11 is 0. The molecule has 0 bridgehead atoms. The van der Waals surface area contributed by atoms with Crippen LogP contribution in [0.1, 0.15) is 34.6 Å². The van der Waals surface area contributed by atoms with Crippen LogP contribution in [0.2, 0.25) is 0 Å². The second kappa shape index (κ2) is 8.41. The summed E-state index contributed by atoms with van der Waals surface area (Å²) in [7, 11) is 0. The molecule has 0 aliphatic carbocycles. The average Bonchev–Trinajstić information content (AvgIpc) is 3.41. The molecular formula is C22H22F3N5O. The highest BCUT2D eigenvalue weighted by atomic mass is 19.4. The molecule has 2 aromatic heterocycles. The standard InChI is InChI=1S/C22H22F3N5O/c1-15-5-2-9-20(27-15)26-14-18-8-4-11-29(18)21(31)19-10-12-30(28-19)17-7-3-6-16(13-17)22(23,24)25/h2-3,5-7,9-10,12-13,18H,4,8,11,14H2,1H3,(H,26,27). The number of alkyl halides is 3. The van der Waals surface area contributed by atoms with E-state index in [1.165, 1.54) is 29.1 Å². The van der Waals surface area contributed by atoms with Crippen molar-refractivity contribution in [1.82, 2.24) is 19.7 Å². The minimum absolute atomic E-state index is 0.00600. The molecule has 1 atom stereocenters. The lowest BCUT2D eigenvalue weighted by atomic mass is 10.2. The third kappa shape index (κ3) is 4.70. The topological polar surface area (TPSA) is 63.1 Å².